The number of nitrogens with one attached hydrogen (secondary N) is 1. The van der Waals surface area contributed by atoms with Crippen molar-refractivity contribution in [1.29, 1.82) is 0 Å². The molecule has 2 rings (SSSR count). The lowest BCUT2D eigenvalue weighted by atomic mass is 10.1. The molecule has 2 atom stereocenters. The van der Waals surface area contributed by atoms with Crippen molar-refractivity contribution in [2.24, 2.45) is 10.9 Å². The van der Waals surface area contributed by atoms with Crippen molar-refractivity contribution in [2.75, 3.05) is 5.75 Å². The summed E-state index contributed by atoms with van der Waals surface area (Å²) in [5.41, 5.74) is 0. The zero-order chi connectivity index (χ0) is 11.5. The number of amidine groups is 1. The van der Waals surface area contributed by atoms with E-state index < -0.39 is 0 Å². The Bertz CT molecular complexity index is 389. The SMILES string of the molecule is CC1CSC(=NCc2sccc2Br)NC1C. The molecule has 2 heterocycles. The molecule has 0 aliphatic carbocycles. The van der Waals surface area contributed by atoms with E-state index in [1.54, 1.807) is 11.3 Å². The molecule has 1 N–H and O–H groups in total. The maximum atomic E-state index is 4.62. The lowest BCUT2D eigenvalue weighted by Crippen LogP contribution is -2.41. The molecule has 0 saturated carbocycles. The van der Waals surface area contributed by atoms with Gasteiger partial charge >= 0.3 is 0 Å². The van der Waals surface area contributed by atoms with E-state index in [1.165, 1.54) is 15.1 Å². The van der Waals surface area contributed by atoms with Gasteiger partial charge in [-0.25, -0.2) is 0 Å². The molecule has 0 aromatic carbocycles. The summed E-state index contributed by atoms with van der Waals surface area (Å²) in [5, 5.41) is 6.63. The molecule has 0 spiro atoms. The summed E-state index contributed by atoms with van der Waals surface area (Å²) in [6.45, 7) is 5.27. The molecular weight excluding hydrogens is 304 g/mol. The number of hydrogen-bond acceptors (Lipinski definition) is 3. The van der Waals surface area contributed by atoms with Crippen molar-refractivity contribution in [1.82, 2.24) is 5.32 Å². The Morgan fingerprint density at radius 3 is 3.00 bits per heavy atom. The predicted octanol–water partition coefficient (Wildman–Crippen LogP) is 3.73. The van der Waals surface area contributed by atoms with Crippen molar-refractivity contribution < 1.29 is 0 Å². The van der Waals surface area contributed by atoms with Crippen LogP contribution in [-0.4, -0.2) is 17.0 Å². The van der Waals surface area contributed by atoms with Gasteiger partial charge in [-0.05, 0) is 40.2 Å². The normalized spacial score (nSPS) is 28.1. The number of rotatable bonds is 2. The lowest BCUT2D eigenvalue weighted by Gasteiger charge is -2.28. The molecule has 1 saturated heterocycles. The molecule has 1 fully saturated rings. The first-order valence-corrected chi connectivity index (χ1v) is 7.98. The average molecular weight is 319 g/mol. The summed E-state index contributed by atoms with van der Waals surface area (Å²) >= 11 is 7.11. The van der Waals surface area contributed by atoms with Crippen LogP contribution < -0.4 is 5.32 Å². The number of thioether (sulfide) groups is 1. The van der Waals surface area contributed by atoms with E-state index in [9.17, 15) is 0 Å². The summed E-state index contributed by atoms with van der Waals surface area (Å²) in [4.78, 5) is 5.91. The summed E-state index contributed by atoms with van der Waals surface area (Å²) in [7, 11) is 0. The first kappa shape index (κ1) is 12.5. The van der Waals surface area contributed by atoms with E-state index in [4.69, 9.17) is 0 Å². The van der Waals surface area contributed by atoms with Crippen molar-refractivity contribution in [2.45, 2.75) is 26.4 Å². The summed E-state index contributed by atoms with van der Waals surface area (Å²) in [6, 6.07) is 2.61. The van der Waals surface area contributed by atoms with Crippen LogP contribution in [0.2, 0.25) is 0 Å². The Kier molecular flexibility index (Phi) is 4.33. The molecule has 2 unspecified atom stereocenters. The maximum Gasteiger partial charge on any atom is 0.157 e. The van der Waals surface area contributed by atoms with E-state index >= 15 is 0 Å². The van der Waals surface area contributed by atoms with Gasteiger partial charge in [0.25, 0.3) is 0 Å². The van der Waals surface area contributed by atoms with Crippen molar-refractivity contribution in [3.8, 4) is 0 Å². The summed E-state index contributed by atoms with van der Waals surface area (Å²) < 4.78 is 1.17. The molecule has 1 aliphatic heterocycles. The average Bonchev–Trinajstić information content (AvgIpc) is 2.66. The fraction of sp³-hybridized carbons (Fsp3) is 0.545. The Balaban J connectivity index is 1.96. The fourth-order valence-electron chi connectivity index (χ4n) is 1.41. The monoisotopic (exact) mass is 318 g/mol. The minimum atomic E-state index is 0.534. The van der Waals surface area contributed by atoms with Crippen LogP contribution in [0.4, 0.5) is 0 Å². The van der Waals surface area contributed by atoms with E-state index in [0.717, 1.165) is 17.6 Å². The van der Waals surface area contributed by atoms with Crippen LogP contribution in [0.1, 0.15) is 18.7 Å². The Morgan fingerprint density at radius 1 is 1.56 bits per heavy atom. The standard InChI is InChI=1S/C11H15BrN2S2/c1-7-6-16-11(14-8(7)2)13-5-10-9(12)3-4-15-10/h3-4,7-8H,5-6H2,1-2H3,(H,13,14). The predicted molar refractivity (Wildman–Crippen MR) is 77.4 cm³/mol. The number of aliphatic imine (C=N–C) groups is 1. The molecule has 0 radical (unpaired) electrons. The Morgan fingerprint density at radius 2 is 2.38 bits per heavy atom. The van der Waals surface area contributed by atoms with E-state index in [1.807, 2.05) is 11.8 Å². The van der Waals surface area contributed by atoms with Crippen LogP contribution in [0.25, 0.3) is 0 Å². The van der Waals surface area contributed by atoms with Crippen molar-refractivity contribution in [3.05, 3.63) is 20.8 Å². The third-order valence-electron chi connectivity index (χ3n) is 2.74. The summed E-state index contributed by atoms with van der Waals surface area (Å²) in [6.07, 6.45) is 0. The molecule has 0 amide bonds. The van der Waals surface area contributed by atoms with Crippen LogP contribution >= 0.6 is 39.0 Å². The Hall–Kier alpha value is -0.0000000000000000555. The van der Waals surface area contributed by atoms with Gasteiger partial charge in [0.2, 0.25) is 0 Å². The van der Waals surface area contributed by atoms with Gasteiger partial charge in [-0.2, -0.15) is 0 Å². The highest BCUT2D eigenvalue weighted by Gasteiger charge is 2.20. The maximum absolute atomic E-state index is 4.62. The van der Waals surface area contributed by atoms with Gasteiger partial charge in [-0.1, -0.05) is 18.7 Å². The minimum Gasteiger partial charge on any atom is -0.362 e. The number of hydrogen-bond donors (Lipinski definition) is 1. The highest BCUT2D eigenvalue weighted by atomic mass is 79.9. The second-order valence-corrected chi connectivity index (χ2v) is 6.90. The van der Waals surface area contributed by atoms with Crippen molar-refractivity contribution >= 4 is 44.2 Å². The molecule has 0 bridgehead atoms. The molecule has 16 heavy (non-hydrogen) atoms. The highest BCUT2D eigenvalue weighted by molar-refractivity contribution is 9.10. The molecule has 1 aliphatic rings. The fourth-order valence-corrected chi connectivity index (χ4v) is 3.94. The first-order valence-electron chi connectivity index (χ1n) is 5.32. The zero-order valence-corrected chi connectivity index (χ0v) is 12.6. The highest BCUT2D eigenvalue weighted by Crippen LogP contribution is 2.25. The first-order chi connectivity index (χ1) is 7.66. The molecule has 1 aromatic rings. The zero-order valence-electron chi connectivity index (χ0n) is 9.37. The van der Waals surface area contributed by atoms with Gasteiger partial charge in [0, 0.05) is 21.1 Å². The summed E-state index contributed by atoms with van der Waals surface area (Å²) in [5.74, 6) is 1.89. The van der Waals surface area contributed by atoms with Gasteiger partial charge in [0.1, 0.15) is 0 Å². The van der Waals surface area contributed by atoms with E-state index in [2.05, 4.69) is 51.5 Å². The molecule has 2 nitrogen and oxygen atoms in total. The third kappa shape index (κ3) is 3.02. The van der Waals surface area contributed by atoms with Gasteiger partial charge < -0.3 is 5.32 Å². The Labute approximate surface area is 113 Å². The molecule has 88 valence electrons. The number of halogens is 1. The van der Waals surface area contributed by atoms with Crippen LogP contribution in [0, 0.1) is 5.92 Å². The second kappa shape index (κ2) is 5.56. The number of nitrogens with zero attached hydrogens (tertiary/aromatic N) is 1. The van der Waals surface area contributed by atoms with Gasteiger partial charge in [0.05, 0.1) is 6.54 Å². The molecule has 5 heteroatoms. The molecular formula is C11H15BrN2S2. The minimum absolute atomic E-state index is 0.534. The van der Waals surface area contributed by atoms with E-state index in [0.29, 0.717) is 6.04 Å². The number of thiophene rings is 1. The third-order valence-corrected chi connectivity index (χ3v) is 5.87. The topological polar surface area (TPSA) is 24.4 Å². The largest absolute Gasteiger partial charge is 0.362 e. The second-order valence-electron chi connectivity index (χ2n) is 4.03. The quantitative estimate of drug-likeness (QED) is 0.898. The van der Waals surface area contributed by atoms with Crippen LogP contribution in [0.5, 0.6) is 0 Å². The molecule has 1 aromatic heterocycles. The van der Waals surface area contributed by atoms with Gasteiger partial charge in [-0.3, -0.25) is 4.99 Å². The lowest BCUT2D eigenvalue weighted by molar-refractivity contribution is 0.490. The van der Waals surface area contributed by atoms with Crippen molar-refractivity contribution in [3.63, 3.8) is 0 Å². The van der Waals surface area contributed by atoms with Gasteiger partial charge in [0.15, 0.2) is 5.17 Å². The van der Waals surface area contributed by atoms with Crippen LogP contribution in [-0.2, 0) is 6.54 Å². The van der Waals surface area contributed by atoms with E-state index in [-0.39, 0.29) is 0 Å². The van der Waals surface area contributed by atoms with Gasteiger partial charge in [-0.15, -0.1) is 11.3 Å². The smallest absolute Gasteiger partial charge is 0.157 e. The van der Waals surface area contributed by atoms with Crippen LogP contribution in [0.3, 0.4) is 0 Å². The van der Waals surface area contributed by atoms with Crippen LogP contribution in [0.15, 0.2) is 20.9 Å².